The summed E-state index contributed by atoms with van der Waals surface area (Å²) in [5.74, 6) is 0. The van der Waals surface area contributed by atoms with Crippen LogP contribution in [0.4, 0.5) is 0 Å². The third-order valence-electron chi connectivity index (χ3n) is 4.66. The zero-order valence-corrected chi connectivity index (χ0v) is 12.5. The lowest BCUT2D eigenvalue weighted by atomic mass is 9.72. The Hall–Kier alpha value is -0.860. The second-order valence-electron chi connectivity index (χ2n) is 6.05. The molecule has 19 heavy (non-hydrogen) atoms. The topological polar surface area (TPSA) is 29.3 Å². The summed E-state index contributed by atoms with van der Waals surface area (Å²) in [7, 11) is 0. The summed E-state index contributed by atoms with van der Waals surface area (Å²) in [5.41, 5.74) is 9.16. The molecule has 1 fully saturated rings. The van der Waals surface area contributed by atoms with Gasteiger partial charge < -0.3 is 10.6 Å². The molecule has 0 saturated carbocycles. The van der Waals surface area contributed by atoms with Gasteiger partial charge in [-0.3, -0.25) is 0 Å². The number of nitrogens with zero attached hydrogens (tertiary/aromatic N) is 1. The Balaban J connectivity index is 2.05. The normalized spacial score (nSPS) is 19.5. The van der Waals surface area contributed by atoms with Gasteiger partial charge in [0.05, 0.1) is 0 Å². The van der Waals surface area contributed by atoms with Gasteiger partial charge in [-0.25, -0.2) is 0 Å². The molecule has 2 rings (SSSR count). The predicted molar refractivity (Wildman–Crippen MR) is 82.5 cm³/mol. The van der Waals surface area contributed by atoms with Gasteiger partial charge in [-0.05, 0) is 51.4 Å². The fourth-order valence-corrected chi connectivity index (χ4v) is 3.17. The van der Waals surface area contributed by atoms with E-state index in [1.54, 1.807) is 0 Å². The number of aryl methyl sites for hydroxylation is 1. The number of likely N-dealkylation sites (tertiary alicyclic amines) is 1. The summed E-state index contributed by atoms with van der Waals surface area (Å²) in [4.78, 5) is 2.60. The zero-order chi connectivity index (χ0) is 13.7. The van der Waals surface area contributed by atoms with Crippen molar-refractivity contribution >= 4 is 0 Å². The highest BCUT2D eigenvalue weighted by Gasteiger charge is 2.34. The molecule has 0 bridgehead atoms. The molecule has 0 unspecified atom stereocenters. The second kappa shape index (κ2) is 6.53. The second-order valence-corrected chi connectivity index (χ2v) is 6.05. The molecule has 1 aliphatic rings. The molecule has 0 aliphatic carbocycles. The molecule has 1 aromatic carbocycles. The summed E-state index contributed by atoms with van der Waals surface area (Å²) in [6.45, 7) is 8.87. The first kappa shape index (κ1) is 14.5. The maximum atomic E-state index is 6.15. The van der Waals surface area contributed by atoms with Crippen LogP contribution in [0, 0.1) is 6.92 Å². The molecule has 0 spiro atoms. The van der Waals surface area contributed by atoms with E-state index in [0.717, 1.165) is 6.54 Å². The van der Waals surface area contributed by atoms with Gasteiger partial charge in [0.25, 0.3) is 0 Å². The third kappa shape index (κ3) is 3.37. The van der Waals surface area contributed by atoms with Crippen LogP contribution in [0.5, 0.6) is 0 Å². The minimum Gasteiger partial charge on any atom is -0.330 e. The van der Waals surface area contributed by atoms with Crippen molar-refractivity contribution in [3.05, 3.63) is 35.4 Å². The number of rotatable bonds is 5. The standard InChI is InChI=1S/C17H28N2/c1-3-4-10-19-11-8-17(14-18,9-12-19)16-7-5-6-15(2)13-16/h5-7,13H,3-4,8-12,14,18H2,1-2H3. The average molecular weight is 260 g/mol. The SMILES string of the molecule is CCCCN1CCC(CN)(c2cccc(C)c2)CC1. The van der Waals surface area contributed by atoms with Crippen LogP contribution >= 0.6 is 0 Å². The molecule has 0 radical (unpaired) electrons. The summed E-state index contributed by atoms with van der Waals surface area (Å²) in [5, 5.41) is 0. The lowest BCUT2D eigenvalue weighted by Gasteiger charge is -2.42. The minimum absolute atomic E-state index is 0.217. The molecular formula is C17H28N2. The molecular weight excluding hydrogens is 232 g/mol. The Morgan fingerprint density at radius 3 is 2.58 bits per heavy atom. The van der Waals surface area contributed by atoms with E-state index in [4.69, 9.17) is 5.73 Å². The first-order valence-corrected chi connectivity index (χ1v) is 7.70. The van der Waals surface area contributed by atoms with Crippen LogP contribution < -0.4 is 5.73 Å². The Labute approximate surface area is 118 Å². The van der Waals surface area contributed by atoms with Crippen LogP contribution in [0.3, 0.4) is 0 Å². The number of hydrogen-bond acceptors (Lipinski definition) is 2. The average Bonchev–Trinajstić information content (AvgIpc) is 2.46. The van der Waals surface area contributed by atoms with Crippen molar-refractivity contribution in [3.63, 3.8) is 0 Å². The maximum Gasteiger partial charge on any atom is 0.00999 e. The zero-order valence-electron chi connectivity index (χ0n) is 12.5. The van der Waals surface area contributed by atoms with Gasteiger partial charge in [-0.2, -0.15) is 0 Å². The van der Waals surface area contributed by atoms with E-state index in [1.165, 1.54) is 56.4 Å². The highest BCUT2D eigenvalue weighted by atomic mass is 15.1. The molecule has 1 saturated heterocycles. The number of piperidine rings is 1. The van der Waals surface area contributed by atoms with E-state index >= 15 is 0 Å². The Bertz CT molecular complexity index is 392. The Kier molecular flexibility index (Phi) is 5.00. The van der Waals surface area contributed by atoms with Crippen LogP contribution in [0.25, 0.3) is 0 Å². The number of unbranched alkanes of at least 4 members (excludes halogenated alkanes) is 1. The fraction of sp³-hybridized carbons (Fsp3) is 0.647. The van der Waals surface area contributed by atoms with Gasteiger partial charge >= 0.3 is 0 Å². The Morgan fingerprint density at radius 2 is 2.00 bits per heavy atom. The summed E-state index contributed by atoms with van der Waals surface area (Å²) in [6.07, 6.45) is 5.02. The van der Waals surface area contributed by atoms with Crippen molar-refractivity contribution in [2.75, 3.05) is 26.2 Å². The van der Waals surface area contributed by atoms with Gasteiger partial charge in [-0.15, -0.1) is 0 Å². The lowest BCUT2D eigenvalue weighted by molar-refractivity contribution is 0.160. The van der Waals surface area contributed by atoms with Gasteiger partial charge in [0.15, 0.2) is 0 Å². The van der Waals surface area contributed by atoms with E-state index in [-0.39, 0.29) is 5.41 Å². The van der Waals surface area contributed by atoms with Gasteiger partial charge in [-0.1, -0.05) is 43.2 Å². The van der Waals surface area contributed by atoms with Crippen LogP contribution in [0.1, 0.15) is 43.7 Å². The van der Waals surface area contributed by atoms with E-state index < -0.39 is 0 Å². The van der Waals surface area contributed by atoms with Crippen molar-refractivity contribution in [1.82, 2.24) is 4.90 Å². The van der Waals surface area contributed by atoms with Crippen LogP contribution in [0.15, 0.2) is 24.3 Å². The lowest BCUT2D eigenvalue weighted by Crippen LogP contribution is -2.46. The van der Waals surface area contributed by atoms with Crippen LogP contribution in [0.2, 0.25) is 0 Å². The molecule has 0 atom stereocenters. The molecule has 0 aromatic heterocycles. The van der Waals surface area contributed by atoms with Crippen LogP contribution in [-0.2, 0) is 5.41 Å². The van der Waals surface area contributed by atoms with E-state index in [0.29, 0.717) is 0 Å². The summed E-state index contributed by atoms with van der Waals surface area (Å²) >= 11 is 0. The summed E-state index contributed by atoms with van der Waals surface area (Å²) in [6, 6.07) is 8.94. The molecule has 0 amide bonds. The van der Waals surface area contributed by atoms with Crippen molar-refractivity contribution in [3.8, 4) is 0 Å². The first-order chi connectivity index (χ1) is 9.20. The minimum atomic E-state index is 0.217. The summed E-state index contributed by atoms with van der Waals surface area (Å²) < 4.78 is 0. The van der Waals surface area contributed by atoms with Crippen molar-refractivity contribution in [2.45, 2.75) is 44.9 Å². The highest BCUT2D eigenvalue weighted by Crippen LogP contribution is 2.35. The molecule has 2 nitrogen and oxygen atoms in total. The molecule has 2 N–H and O–H groups in total. The van der Waals surface area contributed by atoms with Gasteiger partial charge in [0, 0.05) is 12.0 Å². The monoisotopic (exact) mass is 260 g/mol. The molecule has 1 heterocycles. The van der Waals surface area contributed by atoms with Crippen molar-refractivity contribution in [1.29, 1.82) is 0 Å². The first-order valence-electron chi connectivity index (χ1n) is 7.70. The third-order valence-corrected chi connectivity index (χ3v) is 4.66. The highest BCUT2D eigenvalue weighted by molar-refractivity contribution is 5.31. The number of nitrogens with two attached hydrogens (primary N) is 1. The quantitative estimate of drug-likeness (QED) is 0.881. The van der Waals surface area contributed by atoms with Gasteiger partial charge in [0.1, 0.15) is 0 Å². The smallest absolute Gasteiger partial charge is 0.00999 e. The van der Waals surface area contributed by atoms with E-state index in [9.17, 15) is 0 Å². The predicted octanol–water partition coefficient (Wildman–Crippen LogP) is 3.09. The number of hydrogen-bond donors (Lipinski definition) is 1. The van der Waals surface area contributed by atoms with Crippen molar-refractivity contribution in [2.24, 2.45) is 5.73 Å². The molecule has 1 aromatic rings. The largest absolute Gasteiger partial charge is 0.330 e. The van der Waals surface area contributed by atoms with Crippen LogP contribution in [-0.4, -0.2) is 31.1 Å². The fourth-order valence-electron chi connectivity index (χ4n) is 3.17. The van der Waals surface area contributed by atoms with E-state index in [1.807, 2.05) is 0 Å². The molecule has 106 valence electrons. The Morgan fingerprint density at radius 1 is 1.26 bits per heavy atom. The van der Waals surface area contributed by atoms with E-state index in [2.05, 4.69) is 43.0 Å². The van der Waals surface area contributed by atoms with Crippen molar-refractivity contribution < 1.29 is 0 Å². The molecule has 2 heteroatoms. The molecule has 1 aliphatic heterocycles. The number of benzene rings is 1. The maximum absolute atomic E-state index is 6.15. The van der Waals surface area contributed by atoms with Gasteiger partial charge in [0.2, 0.25) is 0 Å².